The number of anilines is 1. The summed E-state index contributed by atoms with van der Waals surface area (Å²) in [6, 6.07) is 13.1. The maximum atomic E-state index is 13.5. The number of rotatable bonds is 3. The van der Waals surface area contributed by atoms with Gasteiger partial charge in [-0.3, -0.25) is 9.48 Å². The summed E-state index contributed by atoms with van der Waals surface area (Å²) in [6.07, 6.45) is -3.12. The monoisotopic (exact) mass is 430 g/mol. The predicted octanol–water partition coefficient (Wildman–Crippen LogP) is 5.56. The summed E-state index contributed by atoms with van der Waals surface area (Å²) < 4.78 is 42.0. The zero-order valence-electron chi connectivity index (χ0n) is 15.5. The third kappa shape index (κ3) is 3.61. The third-order valence-corrected chi connectivity index (χ3v) is 4.91. The Labute approximate surface area is 174 Å². The van der Waals surface area contributed by atoms with Crippen molar-refractivity contribution in [3.8, 4) is 11.3 Å². The number of halogens is 4. The van der Waals surface area contributed by atoms with Gasteiger partial charge in [0.15, 0.2) is 5.65 Å². The fraction of sp³-hybridized carbons (Fsp3) is 0.0952. The lowest BCUT2D eigenvalue weighted by molar-refractivity contribution is -0.137. The summed E-state index contributed by atoms with van der Waals surface area (Å²) in [7, 11) is 1.60. The highest BCUT2D eigenvalue weighted by atomic mass is 35.5. The number of hydrogen-bond acceptors (Lipinski definition) is 3. The number of aromatic nitrogens is 3. The van der Waals surface area contributed by atoms with Crippen molar-refractivity contribution in [1.82, 2.24) is 14.8 Å². The van der Waals surface area contributed by atoms with Gasteiger partial charge < -0.3 is 5.32 Å². The summed E-state index contributed by atoms with van der Waals surface area (Å²) >= 11 is 6.11. The largest absolute Gasteiger partial charge is 0.417 e. The first-order valence-corrected chi connectivity index (χ1v) is 9.18. The molecule has 0 aliphatic rings. The molecule has 1 N–H and O–H groups in total. The molecule has 0 bridgehead atoms. The highest BCUT2D eigenvalue weighted by Crippen LogP contribution is 2.37. The fourth-order valence-corrected chi connectivity index (χ4v) is 3.33. The molecule has 4 aromatic rings. The van der Waals surface area contributed by atoms with E-state index in [9.17, 15) is 18.0 Å². The Morgan fingerprint density at radius 2 is 1.80 bits per heavy atom. The van der Waals surface area contributed by atoms with E-state index in [2.05, 4.69) is 15.4 Å². The number of nitrogens with one attached hydrogen (secondary N) is 1. The quantitative estimate of drug-likeness (QED) is 0.463. The minimum absolute atomic E-state index is 0.0170. The van der Waals surface area contributed by atoms with Gasteiger partial charge in [0.1, 0.15) is 0 Å². The Balaban J connectivity index is 1.88. The standard InChI is InChI=1S/C21H14ClF3N4O/c1-29-19-14(11-26-29)13(20(30)28-17-9-5-4-8-16(17)22)10-18(27-19)12-6-2-3-7-15(12)21(23,24)25/h2-11H,1H3,(H,28,30). The number of alkyl halides is 3. The number of para-hydroxylation sites is 1. The average molecular weight is 431 g/mol. The molecule has 0 spiro atoms. The second-order valence-corrected chi connectivity index (χ2v) is 6.95. The van der Waals surface area contributed by atoms with Crippen molar-refractivity contribution in [2.75, 3.05) is 5.32 Å². The van der Waals surface area contributed by atoms with Crippen molar-refractivity contribution in [2.45, 2.75) is 6.18 Å². The van der Waals surface area contributed by atoms with Gasteiger partial charge in [-0.25, -0.2) is 4.98 Å². The number of fused-ring (bicyclic) bond motifs is 1. The van der Waals surface area contributed by atoms with Gasteiger partial charge in [-0.2, -0.15) is 18.3 Å². The number of carbonyl (C=O) groups excluding carboxylic acids is 1. The maximum Gasteiger partial charge on any atom is 0.417 e. The van der Waals surface area contributed by atoms with Crippen LogP contribution in [-0.4, -0.2) is 20.7 Å². The highest BCUT2D eigenvalue weighted by Gasteiger charge is 2.34. The molecular formula is C21H14ClF3N4O. The predicted molar refractivity (Wildman–Crippen MR) is 108 cm³/mol. The molecule has 30 heavy (non-hydrogen) atoms. The smallest absolute Gasteiger partial charge is 0.321 e. The molecule has 4 rings (SSSR count). The Kier molecular flexibility index (Phi) is 4.95. The summed E-state index contributed by atoms with van der Waals surface area (Å²) in [5, 5.41) is 7.54. The van der Waals surface area contributed by atoms with Gasteiger partial charge in [0.2, 0.25) is 0 Å². The van der Waals surface area contributed by atoms with E-state index in [-0.39, 0.29) is 22.5 Å². The molecule has 5 nitrogen and oxygen atoms in total. The van der Waals surface area contributed by atoms with Crippen molar-refractivity contribution in [2.24, 2.45) is 7.05 Å². The van der Waals surface area contributed by atoms with Gasteiger partial charge in [-0.15, -0.1) is 0 Å². The van der Waals surface area contributed by atoms with Gasteiger partial charge in [0, 0.05) is 12.6 Å². The maximum absolute atomic E-state index is 13.5. The number of amides is 1. The van der Waals surface area contributed by atoms with Crippen LogP contribution in [0.25, 0.3) is 22.3 Å². The number of nitrogens with zero attached hydrogens (tertiary/aromatic N) is 3. The van der Waals surface area contributed by atoms with Gasteiger partial charge in [0.25, 0.3) is 5.91 Å². The highest BCUT2D eigenvalue weighted by molar-refractivity contribution is 6.34. The summed E-state index contributed by atoms with van der Waals surface area (Å²) in [6.45, 7) is 0. The third-order valence-electron chi connectivity index (χ3n) is 4.58. The molecule has 0 aliphatic heterocycles. The van der Waals surface area contributed by atoms with Crippen LogP contribution in [0.2, 0.25) is 5.02 Å². The normalized spacial score (nSPS) is 11.6. The van der Waals surface area contributed by atoms with Crippen LogP contribution >= 0.6 is 11.6 Å². The van der Waals surface area contributed by atoms with E-state index in [0.717, 1.165) is 6.07 Å². The lowest BCUT2D eigenvalue weighted by Gasteiger charge is -2.14. The van der Waals surface area contributed by atoms with Gasteiger partial charge >= 0.3 is 6.18 Å². The molecule has 0 fully saturated rings. The number of pyridine rings is 1. The Bertz CT molecular complexity index is 1270. The summed E-state index contributed by atoms with van der Waals surface area (Å²) in [5.41, 5.74) is -0.135. The van der Waals surface area contributed by atoms with Crippen LogP contribution < -0.4 is 5.32 Å². The number of aryl methyl sites for hydroxylation is 1. The minimum atomic E-state index is -4.57. The lowest BCUT2D eigenvalue weighted by Crippen LogP contribution is -2.14. The first-order chi connectivity index (χ1) is 14.3. The molecule has 0 radical (unpaired) electrons. The lowest BCUT2D eigenvalue weighted by atomic mass is 10.0. The Morgan fingerprint density at radius 1 is 1.10 bits per heavy atom. The molecule has 2 heterocycles. The van der Waals surface area contributed by atoms with Crippen molar-refractivity contribution in [3.63, 3.8) is 0 Å². The molecule has 152 valence electrons. The van der Waals surface area contributed by atoms with Crippen molar-refractivity contribution in [1.29, 1.82) is 0 Å². The van der Waals surface area contributed by atoms with E-state index >= 15 is 0 Å². The van der Waals surface area contributed by atoms with E-state index in [0.29, 0.717) is 16.1 Å². The minimum Gasteiger partial charge on any atom is -0.321 e. The summed E-state index contributed by atoms with van der Waals surface area (Å²) in [4.78, 5) is 17.3. The molecule has 0 atom stereocenters. The van der Waals surface area contributed by atoms with E-state index < -0.39 is 17.6 Å². The van der Waals surface area contributed by atoms with E-state index in [1.165, 1.54) is 35.1 Å². The molecule has 1 amide bonds. The molecule has 2 aromatic heterocycles. The molecular weight excluding hydrogens is 417 g/mol. The first kappa shape index (κ1) is 19.9. The van der Waals surface area contributed by atoms with E-state index in [4.69, 9.17) is 11.6 Å². The molecule has 0 aliphatic carbocycles. The van der Waals surface area contributed by atoms with Gasteiger partial charge in [-0.1, -0.05) is 41.9 Å². The van der Waals surface area contributed by atoms with E-state index in [1.54, 1.807) is 31.3 Å². The van der Waals surface area contributed by atoms with Gasteiger partial charge in [-0.05, 0) is 24.3 Å². The SMILES string of the molecule is Cn1ncc2c(C(=O)Nc3ccccc3Cl)cc(-c3ccccc3C(F)(F)F)nc21. The molecule has 0 saturated carbocycles. The molecule has 9 heteroatoms. The van der Waals surface area contributed by atoms with Crippen molar-refractivity contribution >= 4 is 34.2 Å². The second-order valence-electron chi connectivity index (χ2n) is 6.54. The van der Waals surface area contributed by atoms with Crippen molar-refractivity contribution in [3.05, 3.63) is 76.9 Å². The molecule has 2 aromatic carbocycles. The van der Waals surface area contributed by atoms with Crippen LogP contribution in [0.5, 0.6) is 0 Å². The fourth-order valence-electron chi connectivity index (χ4n) is 3.15. The number of carbonyl (C=O) groups is 1. The van der Waals surface area contributed by atoms with Gasteiger partial charge in [0.05, 0.1) is 39.1 Å². The van der Waals surface area contributed by atoms with Crippen molar-refractivity contribution < 1.29 is 18.0 Å². The first-order valence-electron chi connectivity index (χ1n) is 8.81. The van der Waals surface area contributed by atoms with Crippen LogP contribution in [0.1, 0.15) is 15.9 Å². The second kappa shape index (κ2) is 7.46. The van der Waals surface area contributed by atoms with Crippen LogP contribution in [0.15, 0.2) is 60.8 Å². The zero-order valence-corrected chi connectivity index (χ0v) is 16.3. The number of hydrogen-bond donors (Lipinski definition) is 1. The van der Waals surface area contributed by atoms with E-state index in [1.807, 2.05) is 0 Å². The van der Waals surface area contributed by atoms with Crippen LogP contribution in [0, 0.1) is 0 Å². The molecule has 0 unspecified atom stereocenters. The van der Waals surface area contributed by atoms with Crippen LogP contribution in [0.3, 0.4) is 0 Å². The Hall–Kier alpha value is -3.39. The topological polar surface area (TPSA) is 59.8 Å². The zero-order chi connectivity index (χ0) is 21.5. The van der Waals surface area contributed by atoms with Crippen LogP contribution in [-0.2, 0) is 13.2 Å². The Morgan fingerprint density at radius 3 is 2.53 bits per heavy atom. The molecule has 0 saturated heterocycles. The number of benzene rings is 2. The summed E-state index contributed by atoms with van der Waals surface area (Å²) in [5.74, 6) is -0.533. The van der Waals surface area contributed by atoms with Crippen LogP contribution in [0.4, 0.5) is 18.9 Å². The average Bonchev–Trinajstić information content (AvgIpc) is 3.09.